The largest absolute Gasteiger partial charge is 0.462 e. The molecule has 0 radical (unpaired) electrons. The molecule has 0 fully saturated rings. The molecule has 0 saturated heterocycles. The number of esters is 3. The van der Waals surface area contributed by atoms with E-state index in [1.165, 1.54) is 212 Å². The van der Waals surface area contributed by atoms with E-state index in [-0.39, 0.29) is 31.1 Å². The van der Waals surface area contributed by atoms with Gasteiger partial charge >= 0.3 is 17.9 Å². The van der Waals surface area contributed by atoms with Crippen molar-refractivity contribution in [1.29, 1.82) is 0 Å². The molecular formula is C66H118O6. The summed E-state index contributed by atoms with van der Waals surface area (Å²) in [4.78, 5) is 38.3. The fourth-order valence-electron chi connectivity index (χ4n) is 9.01. The monoisotopic (exact) mass is 1010 g/mol. The van der Waals surface area contributed by atoms with Crippen molar-refractivity contribution in [2.24, 2.45) is 0 Å². The van der Waals surface area contributed by atoms with Crippen molar-refractivity contribution in [2.45, 2.75) is 329 Å². The maximum Gasteiger partial charge on any atom is 0.306 e. The topological polar surface area (TPSA) is 78.9 Å². The highest BCUT2D eigenvalue weighted by molar-refractivity contribution is 5.71. The maximum atomic E-state index is 12.9. The first-order valence-electron chi connectivity index (χ1n) is 31.3. The SMILES string of the molecule is CCCCC/C=C\C=C/CCCCCCCCCCCCC(=O)OCC(COC(=O)CCCCC/C=C\C=C/CCCCCCCCC)OC(=O)CCCCCCCCC/C=C\CCCCCCCCCC. The van der Waals surface area contributed by atoms with Crippen LogP contribution in [-0.4, -0.2) is 37.2 Å². The van der Waals surface area contributed by atoms with Crippen molar-refractivity contribution in [3.63, 3.8) is 0 Å². The average molecular weight is 1010 g/mol. The smallest absolute Gasteiger partial charge is 0.306 e. The zero-order valence-corrected chi connectivity index (χ0v) is 47.9. The summed E-state index contributed by atoms with van der Waals surface area (Å²) in [5.74, 6) is -0.904. The van der Waals surface area contributed by atoms with Gasteiger partial charge in [-0.15, -0.1) is 0 Å². The number of unbranched alkanes of at least 4 members (excludes halogenated alkanes) is 38. The summed E-state index contributed by atoms with van der Waals surface area (Å²) in [6.45, 7) is 6.62. The molecule has 0 aromatic carbocycles. The number of carbonyl (C=O) groups is 3. The van der Waals surface area contributed by atoms with Crippen molar-refractivity contribution in [3.8, 4) is 0 Å². The Morgan fingerprint density at radius 3 is 0.819 bits per heavy atom. The lowest BCUT2D eigenvalue weighted by Crippen LogP contribution is -2.30. The molecule has 1 unspecified atom stereocenters. The molecule has 0 aliphatic rings. The van der Waals surface area contributed by atoms with E-state index in [1.54, 1.807) is 0 Å². The second-order valence-corrected chi connectivity index (χ2v) is 21.0. The van der Waals surface area contributed by atoms with Crippen molar-refractivity contribution in [1.82, 2.24) is 0 Å². The molecule has 6 heteroatoms. The number of carbonyl (C=O) groups excluding carboxylic acids is 3. The first-order valence-corrected chi connectivity index (χ1v) is 31.3. The summed E-state index contributed by atoms with van der Waals surface area (Å²) in [5, 5.41) is 0. The quantitative estimate of drug-likeness (QED) is 0.0199. The lowest BCUT2D eigenvalue weighted by atomic mass is 10.1. The van der Waals surface area contributed by atoms with Gasteiger partial charge in [0.05, 0.1) is 0 Å². The van der Waals surface area contributed by atoms with Crippen LogP contribution in [0.5, 0.6) is 0 Å². The normalized spacial score (nSPS) is 12.4. The Bertz CT molecular complexity index is 1290. The maximum absolute atomic E-state index is 12.9. The number of hydrogen-bond acceptors (Lipinski definition) is 6. The predicted molar refractivity (Wildman–Crippen MR) is 312 cm³/mol. The third-order valence-electron chi connectivity index (χ3n) is 13.8. The lowest BCUT2D eigenvalue weighted by molar-refractivity contribution is -0.167. The minimum Gasteiger partial charge on any atom is -0.462 e. The Hall–Kier alpha value is -2.89. The summed E-state index contributed by atoms with van der Waals surface area (Å²) >= 11 is 0. The van der Waals surface area contributed by atoms with E-state index >= 15 is 0 Å². The van der Waals surface area contributed by atoms with E-state index in [2.05, 4.69) is 81.5 Å². The fraction of sp³-hybridized carbons (Fsp3) is 0.803. The molecule has 0 aromatic heterocycles. The van der Waals surface area contributed by atoms with Gasteiger partial charge in [-0.2, -0.15) is 0 Å². The van der Waals surface area contributed by atoms with E-state index in [0.29, 0.717) is 19.3 Å². The number of ether oxygens (including phenoxy) is 3. The average Bonchev–Trinajstić information content (AvgIpc) is 3.38. The van der Waals surface area contributed by atoms with Gasteiger partial charge in [0.15, 0.2) is 6.10 Å². The molecule has 1 atom stereocenters. The van der Waals surface area contributed by atoms with Crippen LogP contribution in [0.4, 0.5) is 0 Å². The van der Waals surface area contributed by atoms with Gasteiger partial charge in [0, 0.05) is 19.3 Å². The van der Waals surface area contributed by atoms with E-state index in [1.807, 2.05) is 0 Å². The Labute approximate surface area is 447 Å². The highest BCUT2D eigenvalue weighted by Gasteiger charge is 2.19. The van der Waals surface area contributed by atoms with Crippen LogP contribution in [0.25, 0.3) is 0 Å². The summed E-state index contributed by atoms with van der Waals surface area (Å²) in [6.07, 6.45) is 76.4. The van der Waals surface area contributed by atoms with Crippen LogP contribution >= 0.6 is 0 Å². The first kappa shape index (κ1) is 69.1. The Morgan fingerprint density at radius 1 is 0.278 bits per heavy atom. The van der Waals surface area contributed by atoms with Gasteiger partial charge < -0.3 is 14.2 Å². The van der Waals surface area contributed by atoms with Gasteiger partial charge in [-0.05, 0) is 96.3 Å². The minimum absolute atomic E-state index is 0.0848. The van der Waals surface area contributed by atoms with Crippen molar-refractivity contribution < 1.29 is 28.6 Å². The Balaban J connectivity index is 4.40. The minimum atomic E-state index is -0.789. The molecule has 0 spiro atoms. The molecule has 6 nitrogen and oxygen atoms in total. The van der Waals surface area contributed by atoms with Gasteiger partial charge in [0.1, 0.15) is 13.2 Å². The van der Waals surface area contributed by atoms with Crippen LogP contribution in [-0.2, 0) is 28.6 Å². The van der Waals surface area contributed by atoms with Gasteiger partial charge in [0.2, 0.25) is 0 Å². The third kappa shape index (κ3) is 58.0. The molecule has 0 aliphatic heterocycles. The fourth-order valence-corrected chi connectivity index (χ4v) is 9.01. The molecule has 0 heterocycles. The molecule has 0 N–H and O–H groups in total. The molecule has 0 amide bonds. The van der Waals surface area contributed by atoms with Gasteiger partial charge in [0.25, 0.3) is 0 Å². The van der Waals surface area contributed by atoms with Crippen LogP contribution < -0.4 is 0 Å². The second kappa shape index (κ2) is 60.7. The molecule has 0 saturated carbocycles. The summed E-state index contributed by atoms with van der Waals surface area (Å²) in [6, 6.07) is 0. The number of rotatable bonds is 57. The highest BCUT2D eigenvalue weighted by Crippen LogP contribution is 2.16. The summed E-state index contributed by atoms with van der Waals surface area (Å²) < 4.78 is 16.9. The summed E-state index contributed by atoms with van der Waals surface area (Å²) in [7, 11) is 0. The van der Waals surface area contributed by atoms with Gasteiger partial charge in [-0.25, -0.2) is 0 Å². The van der Waals surface area contributed by atoms with Crippen LogP contribution in [0, 0.1) is 0 Å². The summed E-state index contributed by atoms with van der Waals surface area (Å²) in [5.41, 5.74) is 0. The van der Waals surface area contributed by atoms with Crippen molar-refractivity contribution in [2.75, 3.05) is 13.2 Å². The molecule has 0 rings (SSSR count). The lowest BCUT2D eigenvalue weighted by Gasteiger charge is -2.18. The third-order valence-corrected chi connectivity index (χ3v) is 13.8. The highest BCUT2D eigenvalue weighted by atomic mass is 16.6. The molecule has 0 aromatic rings. The molecule has 72 heavy (non-hydrogen) atoms. The Kier molecular flexibility index (Phi) is 58.2. The predicted octanol–water partition coefficient (Wildman–Crippen LogP) is 21.2. The number of hydrogen-bond donors (Lipinski definition) is 0. The van der Waals surface area contributed by atoms with Crippen molar-refractivity contribution in [3.05, 3.63) is 60.8 Å². The first-order chi connectivity index (χ1) is 35.5. The van der Waals surface area contributed by atoms with E-state index in [4.69, 9.17) is 14.2 Å². The molecule has 0 aliphatic carbocycles. The van der Waals surface area contributed by atoms with E-state index in [9.17, 15) is 14.4 Å². The van der Waals surface area contributed by atoms with E-state index < -0.39 is 6.10 Å². The van der Waals surface area contributed by atoms with Crippen LogP contribution in [0.1, 0.15) is 323 Å². The zero-order chi connectivity index (χ0) is 52.2. The standard InChI is InChI=1S/C66H118O6/c1-4-7-10-13-16-19-22-25-28-31-33-35-38-41-44-47-50-53-56-59-65(68)71-62-63(61-70-64(67)58-55-52-49-46-43-40-37-30-27-24-21-18-15-12-9-6-3)72-66(69)60-57-54-51-48-45-42-39-36-34-32-29-26-23-20-17-14-11-8-5-2/h16,19,22,25,30,32,34,37,40,43,63H,4-15,17-18,20-21,23-24,26-29,31,33,35-36,38-39,41-42,44-62H2,1-3H3/b19-16-,25-22-,34-32-,37-30-,43-40-. The van der Waals surface area contributed by atoms with Crippen molar-refractivity contribution >= 4 is 17.9 Å². The molecular weight excluding hydrogens is 889 g/mol. The van der Waals surface area contributed by atoms with Gasteiger partial charge in [-0.1, -0.05) is 268 Å². The van der Waals surface area contributed by atoms with Crippen LogP contribution in [0.3, 0.4) is 0 Å². The molecule has 0 bridgehead atoms. The zero-order valence-electron chi connectivity index (χ0n) is 47.9. The van der Waals surface area contributed by atoms with Gasteiger partial charge in [-0.3, -0.25) is 14.4 Å². The Morgan fingerprint density at radius 2 is 0.500 bits per heavy atom. The van der Waals surface area contributed by atoms with Crippen LogP contribution in [0.15, 0.2) is 60.8 Å². The second-order valence-electron chi connectivity index (χ2n) is 21.0. The number of allylic oxidation sites excluding steroid dienone is 10. The van der Waals surface area contributed by atoms with E-state index in [0.717, 1.165) is 70.6 Å². The van der Waals surface area contributed by atoms with Crippen LogP contribution in [0.2, 0.25) is 0 Å². The molecule has 418 valence electrons.